The van der Waals surface area contributed by atoms with Crippen LogP contribution in [0.5, 0.6) is 5.75 Å². The number of benzene rings is 3. The number of nitrogens with zero attached hydrogens (tertiary/aromatic N) is 2. The number of aromatic nitrogens is 1. The van der Waals surface area contributed by atoms with Crippen molar-refractivity contribution in [1.82, 2.24) is 4.57 Å². The number of halogens is 2. The van der Waals surface area contributed by atoms with Crippen LogP contribution in [0.1, 0.15) is 29.7 Å². The summed E-state index contributed by atoms with van der Waals surface area (Å²) in [7, 11) is 1.62. The Kier molecular flexibility index (Phi) is 8.15. The molecule has 3 aromatic carbocycles. The van der Waals surface area contributed by atoms with E-state index >= 15 is 0 Å². The molecule has 38 heavy (non-hydrogen) atoms. The van der Waals surface area contributed by atoms with E-state index in [-0.39, 0.29) is 12.2 Å². The zero-order chi connectivity index (χ0) is 26.8. The molecule has 0 N–H and O–H groups in total. The fourth-order valence-corrected chi connectivity index (χ4v) is 7.54. The maximum absolute atomic E-state index is 14.0. The molecule has 1 aliphatic heterocycles. The van der Waals surface area contributed by atoms with E-state index in [2.05, 4.69) is 45.2 Å². The number of fused-ring (bicyclic) bond motifs is 1. The van der Waals surface area contributed by atoms with Crippen LogP contribution in [0, 0.1) is 7.14 Å². The van der Waals surface area contributed by atoms with Gasteiger partial charge in [-0.25, -0.2) is 9.79 Å². The van der Waals surface area contributed by atoms with Gasteiger partial charge < -0.3 is 9.47 Å². The molecule has 9 heteroatoms. The second-order valence-electron chi connectivity index (χ2n) is 8.35. The van der Waals surface area contributed by atoms with Crippen LogP contribution < -0.4 is 19.6 Å². The van der Waals surface area contributed by atoms with Crippen LogP contribution in [-0.2, 0) is 9.53 Å². The molecule has 1 atom stereocenters. The Bertz CT molecular complexity index is 1730. The molecular formula is C29H22I2N2O4S. The van der Waals surface area contributed by atoms with Crippen molar-refractivity contribution in [2.45, 2.75) is 13.0 Å². The first kappa shape index (κ1) is 26.8. The minimum absolute atomic E-state index is 0.210. The van der Waals surface area contributed by atoms with Crippen molar-refractivity contribution in [3.63, 3.8) is 0 Å². The molecule has 0 aliphatic carbocycles. The lowest BCUT2D eigenvalue weighted by molar-refractivity contribution is -0.138. The largest absolute Gasteiger partial charge is 0.495 e. The smallest absolute Gasteiger partial charge is 0.338 e. The summed E-state index contributed by atoms with van der Waals surface area (Å²) < 4.78 is 15.2. The van der Waals surface area contributed by atoms with Gasteiger partial charge in [-0.3, -0.25) is 9.36 Å². The Morgan fingerprint density at radius 1 is 1.08 bits per heavy atom. The molecule has 0 fully saturated rings. The van der Waals surface area contributed by atoms with E-state index in [9.17, 15) is 9.59 Å². The first-order chi connectivity index (χ1) is 18.4. The van der Waals surface area contributed by atoms with Gasteiger partial charge in [0.2, 0.25) is 0 Å². The maximum atomic E-state index is 14.0. The predicted molar refractivity (Wildman–Crippen MR) is 166 cm³/mol. The predicted octanol–water partition coefficient (Wildman–Crippen LogP) is 5.15. The Balaban J connectivity index is 1.84. The lowest BCUT2D eigenvalue weighted by Gasteiger charge is -2.25. The molecule has 6 nitrogen and oxygen atoms in total. The first-order valence-corrected chi connectivity index (χ1v) is 14.8. The number of thiazole rings is 1. The highest BCUT2D eigenvalue weighted by Gasteiger charge is 2.35. The molecule has 0 saturated heterocycles. The minimum Gasteiger partial charge on any atom is -0.495 e. The van der Waals surface area contributed by atoms with Gasteiger partial charge in [0, 0.05) is 14.7 Å². The second-order valence-corrected chi connectivity index (χ2v) is 11.8. The Morgan fingerprint density at radius 3 is 2.42 bits per heavy atom. The highest BCUT2D eigenvalue weighted by molar-refractivity contribution is 14.1. The van der Waals surface area contributed by atoms with Crippen LogP contribution in [0.15, 0.2) is 88.2 Å². The Morgan fingerprint density at radius 2 is 1.76 bits per heavy atom. The zero-order valence-electron chi connectivity index (χ0n) is 20.5. The van der Waals surface area contributed by atoms with Gasteiger partial charge in [-0.15, -0.1) is 0 Å². The highest BCUT2D eigenvalue weighted by atomic mass is 127. The fourth-order valence-electron chi connectivity index (χ4n) is 4.44. The number of hydrogen-bond donors (Lipinski definition) is 0. The van der Waals surface area contributed by atoms with Crippen LogP contribution in [0.25, 0.3) is 11.8 Å². The van der Waals surface area contributed by atoms with Crippen molar-refractivity contribution >= 4 is 74.3 Å². The summed E-state index contributed by atoms with van der Waals surface area (Å²) in [5.41, 5.74) is 3.00. The molecule has 4 aromatic rings. The summed E-state index contributed by atoms with van der Waals surface area (Å²) in [6.07, 6.45) is 1.84. The van der Waals surface area contributed by atoms with Crippen molar-refractivity contribution < 1.29 is 14.3 Å². The van der Waals surface area contributed by atoms with E-state index in [0.29, 0.717) is 26.4 Å². The van der Waals surface area contributed by atoms with Crippen molar-refractivity contribution in [3.05, 3.63) is 122 Å². The average molecular weight is 748 g/mol. The summed E-state index contributed by atoms with van der Waals surface area (Å²) in [5, 5.41) is 0. The third-order valence-corrected chi connectivity index (χ3v) is 8.42. The van der Waals surface area contributed by atoms with E-state index in [1.165, 1.54) is 11.3 Å². The topological polar surface area (TPSA) is 69.9 Å². The molecule has 0 radical (unpaired) electrons. The molecule has 0 saturated carbocycles. The molecule has 1 aliphatic rings. The fraction of sp³-hybridized carbons (Fsp3) is 0.138. The summed E-state index contributed by atoms with van der Waals surface area (Å²) in [6.45, 7) is 1.98. The summed E-state index contributed by atoms with van der Waals surface area (Å²) in [6, 6.07) is 22.4. The van der Waals surface area contributed by atoms with E-state index in [4.69, 9.17) is 14.5 Å². The number of methoxy groups -OCH3 is 1. The standard InChI is InChI=1S/C29H22I2N2O4S/c1-3-37-28(35)23-24(17-10-6-4-7-11-17)32-29-33(25(23)18-12-8-5-9-13-18)27(34)22(38-29)15-19-14-20(30)16-21(31)26(19)36-2/h4-16,25H,3H2,1-2H3/b22-15-/t25-/m0/s1. The molecule has 2 heterocycles. The van der Waals surface area contributed by atoms with Crippen molar-refractivity contribution in [2.24, 2.45) is 4.99 Å². The average Bonchev–Trinajstić information content (AvgIpc) is 3.23. The van der Waals surface area contributed by atoms with Gasteiger partial charge in [-0.05, 0) is 75.9 Å². The van der Waals surface area contributed by atoms with Crippen molar-refractivity contribution in [3.8, 4) is 5.75 Å². The second kappa shape index (κ2) is 11.5. The number of rotatable bonds is 6. The number of esters is 1. The Hall–Kier alpha value is -2.77. The molecule has 0 amide bonds. The number of ether oxygens (including phenoxy) is 2. The number of hydrogen-bond acceptors (Lipinski definition) is 6. The molecule has 1 aromatic heterocycles. The van der Waals surface area contributed by atoms with Gasteiger partial charge in [-0.2, -0.15) is 0 Å². The normalized spacial score (nSPS) is 15.2. The minimum atomic E-state index is -0.693. The van der Waals surface area contributed by atoms with E-state index in [1.54, 1.807) is 18.6 Å². The van der Waals surface area contributed by atoms with Crippen LogP contribution in [-0.4, -0.2) is 24.3 Å². The zero-order valence-corrected chi connectivity index (χ0v) is 25.6. The third-order valence-electron chi connectivity index (χ3n) is 6.02. The molecule has 0 unspecified atom stereocenters. The molecule has 0 spiro atoms. The summed E-state index contributed by atoms with van der Waals surface area (Å²) >= 11 is 5.78. The maximum Gasteiger partial charge on any atom is 0.338 e. The monoisotopic (exact) mass is 748 g/mol. The summed E-state index contributed by atoms with van der Waals surface area (Å²) in [5.74, 6) is 0.209. The lowest BCUT2D eigenvalue weighted by atomic mass is 9.93. The van der Waals surface area contributed by atoms with Crippen LogP contribution in [0.4, 0.5) is 0 Å². The van der Waals surface area contributed by atoms with Gasteiger partial charge in [0.25, 0.3) is 5.56 Å². The van der Waals surface area contributed by atoms with Crippen LogP contribution >= 0.6 is 56.5 Å². The lowest BCUT2D eigenvalue weighted by Crippen LogP contribution is -2.40. The van der Waals surface area contributed by atoms with Gasteiger partial charge >= 0.3 is 5.97 Å². The molecular weight excluding hydrogens is 726 g/mol. The highest BCUT2D eigenvalue weighted by Crippen LogP contribution is 2.35. The van der Waals surface area contributed by atoms with Gasteiger partial charge in [0.15, 0.2) is 4.80 Å². The van der Waals surface area contributed by atoms with Gasteiger partial charge in [0.1, 0.15) is 5.75 Å². The van der Waals surface area contributed by atoms with E-state index in [0.717, 1.165) is 23.8 Å². The molecule has 192 valence electrons. The van der Waals surface area contributed by atoms with E-state index in [1.807, 2.05) is 78.9 Å². The van der Waals surface area contributed by atoms with Gasteiger partial charge in [0.05, 0.1) is 39.1 Å². The van der Waals surface area contributed by atoms with Crippen LogP contribution in [0.3, 0.4) is 0 Å². The Labute approximate surface area is 250 Å². The quantitative estimate of drug-likeness (QED) is 0.202. The molecule has 0 bridgehead atoms. The number of carbonyl (C=O) groups excluding carboxylic acids is 1. The number of carbonyl (C=O) groups is 1. The summed E-state index contributed by atoms with van der Waals surface area (Å²) in [4.78, 5) is 32.9. The van der Waals surface area contributed by atoms with Crippen molar-refractivity contribution in [2.75, 3.05) is 13.7 Å². The van der Waals surface area contributed by atoms with Gasteiger partial charge in [-0.1, -0.05) is 72.0 Å². The third kappa shape index (κ3) is 5.10. The van der Waals surface area contributed by atoms with Crippen LogP contribution in [0.2, 0.25) is 0 Å². The molecule has 5 rings (SSSR count). The SMILES string of the molecule is CCOC(=O)C1=C(c2ccccc2)N=c2s/c(=C\c3cc(I)cc(I)c3OC)c(=O)n2[C@H]1c1ccccc1. The first-order valence-electron chi connectivity index (χ1n) is 11.8. The van der Waals surface area contributed by atoms with Crippen molar-refractivity contribution in [1.29, 1.82) is 0 Å². The van der Waals surface area contributed by atoms with E-state index < -0.39 is 12.0 Å².